The molecule has 3 heterocycles. The molecule has 1 N–H and O–H groups in total. The van der Waals surface area contributed by atoms with Gasteiger partial charge in [0.05, 0.1) is 34.7 Å². The Labute approximate surface area is 268 Å². The lowest BCUT2D eigenvalue weighted by Crippen LogP contribution is -2.43. The zero-order valence-electron chi connectivity index (χ0n) is 26.0. The van der Waals surface area contributed by atoms with E-state index in [1.54, 1.807) is 29.2 Å². The molecule has 0 aliphatic carbocycles. The second-order valence-electron chi connectivity index (χ2n) is 12.2. The van der Waals surface area contributed by atoms with E-state index in [9.17, 15) is 23.3 Å². The normalized spacial score (nSPS) is 18.5. The maximum absolute atomic E-state index is 14.5. The summed E-state index contributed by atoms with van der Waals surface area (Å²) in [5.41, 5.74) is 0.160. The fourth-order valence-corrected chi connectivity index (χ4v) is 7.95. The van der Waals surface area contributed by atoms with Crippen LogP contribution in [0.4, 0.5) is 0 Å². The number of hydrogen-bond acceptors (Lipinski definition) is 8. The Balaban J connectivity index is 1.39. The number of imidazole rings is 1. The van der Waals surface area contributed by atoms with Crippen molar-refractivity contribution in [3.8, 4) is 11.8 Å². The van der Waals surface area contributed by atoms with Crippen LogP contribution < -0.4 is 15.7 Å². The van der Waals surface area contributed by atoms with Gasteiger partial charge in [-0.25, -0.2) is 13.2 Å². The van der Waals surface area contributed by atoms with Crippen molar-refractivity contribution in [1.82, 2.24) is 23.7 Å². The molecule has 0 bridgehead atoms. The van der Waals surface area contributed by atoms with Crippen molar-refractivity contribution in [2.75, 3.05) is 46.9 Å². The molecule has 2 saturated heterocycles. The molecule has 2 aliphatic heterocycles. The Kier molecular flexibility index (Phi) is 8.99. The van der Waals surface area contributed by atoms with Crippen LogP contribution in [-0.2, 0) is 14.8 Å². The zero-order chi connectivity index (χ0) is 32.4. The van der Waals surface area contributed by atoms with Crippen molar-refractivity contribution in [3.63, 3.8) is 0 Å². The Hall–Kier alpha value is -4.44. The number of ether oxygens (including phenoxy) is 1. The first-order chi connectivity index (χ1) is 22.2. The topological polar surface area (TPSA) is 130 Å². The molecule has 240 valence electrons. The molecule has 11 nitrogen and oxygen atoms in total. The number of rotatable bonds is 9. The SMILES string of the molecule is COc1ccc(S(=O)(=O)n2c(=O)n(C(C(=O)N3CCC(CNC4CCN(C)CC4)C3)c3ccccc3)c3cc(C#N)ccc32)cc1. The van der Waals surface area contributed by atoms with E-state index in [1.807, 2.05) is 6.07 Å². The van der Waals surface area contributed by atoms with Crippen LogP contribution in [0.15, 0.2) is 82.5 Å². The first kappa shape index (κ1) is 31.5. The highest BCUT2D eigenvalue weighted by Gasteiger charge is 2.37. The van der Waals surface area contributed by atoms with Gasteiger partial charge in [-0.05, 0) is 99.9 Å². The second-order valence-corrected chi connectivity index (χ2v) is 13.9. The van der Waals surface area contributed by atoms with Crippen LogP contribution in [0.3, 0.4) is 0 Å². The molecular weight excluding hydrogens is 604 g/mol. The molecule has 4 aromatic rings. The number of fused-ring (bicyclic) bond motifs is 1. The number of nitriles is 1. The first-order valence-electron chi connectivity index (χ1n) is 15.5. The number of aromatic nitrogens is 2. The maximum atomic E-state index is 14.5. The molecule has 12 heteroatoms. The highest BCUT2D eigenvalue weighted by atomic mass is 32.2. The third-order valence-electron chi connectivity index (χ3n) is 9.18. The lowest BCUT2D eigenvalue weighted by atomic mass is 10.0. The fraction of sp³-hybridized carbons (Fsp3) is 0.382. The van der Waals surface area contributed by atoms with Crippen LogP contribution in [-0.4, -0.2) is 85.6 Å². The highest BCUT2D eigenvalue weighted by Crippen LogP contribution is 2.30. The van der Waals surface area contributed by atoms with E-state index in [0.717, 1.165) is 42.9 Å². The summed E-state index contributed by atoms with van der Waals surface area (Å²) >= 11 is 0. The minimum Gasteiger partial charge on any atom is -0.497 e. The predicted molar refractivity (Wildman–Crippen MR) is 174 cm³/mol. The van der Waals surface area contributed by atoms with Crippen molar-refractivity contribution in [3.05, 3.63) is 94.4 Å². The molecular formula is C34H38N6O5S. The Morgan fingerprint density at radius 2 is 1.72 bits per heavy atom. The third kappa shape index (κ3) is 6.06. The van der Waals surface area contributed by atoms with E-state index in [2.05, 4.69) is 23.3 Å². The summed E-state index contributed by atoms with van der Waals surface area (Å²) in [6.45, 7) is 4.00. The van der Waals surface area contributed by atoms with Gasteiger partial charge >= 0.3 is 5.69 Å². The Morgan fingerprint density at radius 1 is 1.00 bits per heavy atom. The number of nitrogens with zero attached hydrogens (tertiary/aromatic N) is 5. The summed E-state index contributed by atoms with van der Waals surface area (Å²) in [6, 6.07) is 20.5. The summed E-state index contributed by atoms with van der Waals surface area (Å²) in [4.78, 5) is 32.9. The van der Waals surface area contributed by atoms with Crippen LogP contribution in [0.5, 0.6) is 5.75 Å². The average molecular weight is 643 g/mol. The Morgan fingerprint density at radius 3 is 2.39 bits per heavy atom. The Bertz CT molecular complexity index is 1920. The molecule has 0 saturated carbocycles. The van der Waals surface area contributed by atoms with Crippen LogP contribution in [0.2, 0.25) is 0 Å². The van der Waals surface area contributed by atoms with Crippen LogP contribution >= 0.6 is 0 Å². The summed E-state index contributed by atoms with van der Waals surface area (Å²) in [5.74, 6) is 0.435. The lowest BCUT2D eigenvalue weighted by molar-refractivity contribution is -0.132. The number of carbonyl (C=O) groups excluding carboxylic acids is 1. The average Bonchev–Trinajstić information content (AvgIpc) is 3.67. The molecule has 3 aromatic carbocycles. The third-order valence-corrected chi connectivity index (χ3v) is 10.9. The van der Waals surface area contributed by atoms with Crippen LogP contribution in [0.25, 0.3) is 11.0 Å². The minimum atomic E-state index is -4.40. The number of hydrogen-bond donors (Lipinski definition) is 1. The number of carbonyl (C=O) groups is 1. The van der Waals surface area contributed by atoms with Crippen molar-refractivity contribution in [1.29, 1.82) is 5.26 Å². The molecule has 2 atom stereocenters. The van der Waals surface area contributed by atoms with Crippen molar-refractivity contribution in [2.24, 2.45) is 5.92 Å². The van der Waals surface area contributed by atoms with Gasteiger partial charge in [0.1, 0.15) is 11.8 Å². The minimum absolute atomic E-state index is 0.0789. The van der Waals surface area contributed by atoms with E-state index >= 15 is 0 Å². The number of methoxy groups -OCH3 is 1. The largest absolute Gasteiger partial charge is 0.497 e. The van der Waals surface area contributed by atoms with Crippen LogP contribution in [0.1, 0.15) is 36.4 Å². The number of nitrogens with one attached hydrogen (secondary N) is 1. The smallest absolute Gasteiger partial charge is 0.344 e. The first-order valence-corrected chi connectivity index (χ1v) is 17.0. The monoisotopic (exact) mass is 642 g/mol. The van der Waals surface area contributed by atoms with Gasteiger partial charge in [-0.3, -0.25) is 9.36 Å². The zero-order valence-corrected chi connectivity index (χ0v) is 26.8. The number of piperidine rings is 1. The molecule has 0 spiro atoms. The number of likely N-dealkylation sites (tertiary alicyclic amines) is 2. The molecule has 2 aliphatic rings. The molecule has 1 amide bonds. The van der Waals surface area contributed by atoms with Gasteiger partial charge in [0.2, 0.25) is 5.91 Å². The quantitative estimate of drug-likeness (QED) is 0.295. The lowest BCUT2D eigenvalue weighted by Gasteiger charge is -2.30. The van der Waals surface area contributed by atoms with Crippen molar-refractivity contribution in [2.45, 2.75) is 36.2 Å². The van der Waals surface area contributed by atoms with E-state index in [4.69, 9.17) is 4.74 Å². The predicted octanol–water partition coefficient (Wildman–Crippen LogP) is 3.04. The van der Waals surface area contributed by atoms with E-state index < -0.39 is 21.8 Å². The van der Waals surface area contributed by atoms with Crippen molar-refractivity contribution < 1.29 is 17.9 Å². The van der Waals surface area contributed by atoms with Crippen molar-refractivity contribution >= 4 is 27.0 Å². The van der Waals surface area contributed by atoms with Gasteiger partial charge in [-0.15, -0.1) is 0 Å². The number of amides is 1. The molecule has 46 heavy (non-hydrogen) atoms. The molecule has 2 fully saturated rings. The molecule has 6 rings (SSSR count). The van der Waals surface area contributed by atoms with Gasteiger partial charge in [0.15, 0.2) is 0 Å². The summed E-state index contributed by atoms with van der Waals surface area (Å²) < 4.78 is 35.2. The van der Waals surface area contributed by atoms with Gasteiger partial charge in [0.25, 0.3) is 10.0 Å². The fourth-order valence-electron chi connectivity index (χ4n) is 6.55. The second kappa shape index (κ2) is 13.1. The molecule has 1 aromatic heterocycles. The van der Waals surface area contributed by atoms with Gasteiger partial charge in [-0.1, -0.05) is 30.3 Å². The van der Waals surface area contributed by atoms with Gasteiger partial charge in [-0.2, -0.15) is 9.23 Å². The molecule has 0 radical (unpaired) electrons. The summed E-state index contributed by atoms with van der Waals surface area (Å²) in [5, 5.41) is 13.4. The standard InChI is InChI=1S/C34H38N6O5S/c1-37-17-15-27(16-18-37)36-22-25-14-19-38(23-25)33(41)32(26-6-4-3-5-7-26)39-31-20-24(21-35)8-13-30(31)40(34(39)42)46(43,44)29-11-9-28(45-2)10-12-29/h3-13,20,25,27,32,36H,14-19,22-23H2,1-2H3. The van der Waals surface area contributed by atoms with Gasteiger partial charge < -0.3 is 19.9 Å². The van der Waals surface area contributed by atoms with E-state index in [0.29, 0.717) is 30.4 Å². The van der Waals surface area contributed by atoms with E-state index in [1.165, 1.54) is 54.1 Å². The summed E-state index contributed by atoms with van der Waals surface area (Å²) in [6.07, 6.45) is 3.02. The van der Waals surface area contributed by atoms with E-state index in [-0.39, 0.29) is 33.3 Å². The summed E-state index contributed by atoms with van der Waals surface area (Å²) in [7, 11) is -0.789. The van der Waals surface area contributed by atoms with Crippen LogP contribution in [0, 0.1) is 17.2 Å². The maximum Gasteiger partial charge on any atom is 0.344 e. The van der Waals surface area contributed by atoms with Gasteiger partial charge in [0, 0.05) is 19.1 Å². The highest BCUT2D eigenvalue weighted by molar-refractivity contribution is 7.90. The molecule has 2 unspecified atom stereocenters. The number of benzene rings is 3.